The zero-order chi connectivity index (χ0) is 20.5. The molecule has 0 bridgehead atoms. The van der Waals surface area contributed by atoms with Gasteiger partial charge in [0.05, 0.1) is 7.11 Å². The van der Waals surface area contributed by atoms with Crippen LogP contribution in [0.2, 0.25) is 10.0 Å². The predicted molar refractivity (Wildman–Crippen MR) is 106 cm³/mol. The highest BCUT2D eigenvalue weighted by atomic mass is 35.5. The Hall–Kier alpha value is -2.77. The van der Waals surface area contributed by atoms with Crippen molar-refractivity contribution in [3.63, 3.8) is 0 Å². The van der Waals surface area contributed by atoms with Gasteiger partial charge in [-0.25, -0.2) is 4.79 Å². The minimum Gasteiger partial charge on any atom is -0.497 e. The molecule has 1 atom stereocenters. The number of urea groups is 1. The highest BCUT2D eigenvalue weighted by Gasteiger charge is 2.50. The zero-order valence-electron chi connectivity index (χ0n) is 15.1. The maximum atomic E-state index is 12.9. The molecule has 2 aromatic rings. The zero-order valence-corrected chi connectivity index (χ0v) is 16.6. The number of rotatable bonds is 5. The van der Waals surface area contributed by atoms with E-state index < -0.39 is 29.9 Å². The van der Waals surface area contributed by atoms with Gasteiger partial charge in [0.1, 0.15) is 17.8 Å². The molecule has 1 heterocycles. The highest BCUT2D eigenvalue weighted by molar-refractivity contribution is 6.35. The minimum absolute atomic E-state index is 0.244. The van der Waals surface area contributed by atoms with E-state index in [0.717, 1.165) is 4.90 Å². The first-order valence-corrected chi connectivity index (χ1v) is 9.04. The summed E-state index contributed by atoms with van der Waals surface area (Å²) in [5.41, 5.74) is -0.476. The van der Waals surface area contributed by atoms with Crippen LogP contribution < -0.4 is 15.4 Å². The molecule has 1 unspecified atom stereocenters. The van der Waals surface area contributed by atoms with E-state index in [1.807, 2.05) is 0 Å². The number of imide groups is 1. The van der Waals surface area contributed by atoms with Crippen molar-refractivity contribution in [1.29, 1.82) is 0 Å². The van der Waals surface area contributed by atoms with Crippen molar-refractivity contribution in [3.05, 3.63) is 58.1 Å². The number of halogens is 2. The number of nitrogens with zero attached hydrogens (tertiary/aromatic N) is 1. The number of carbonyl (C=O) groups excluding carboxylic acids is 3. The third-order valence-electron chi connectivity index (χ3n) is 4.42. The van der Waals surface area contributed by atoms with Crippen LogP contribution in [-0.4, -0.2) is 36.4 Å². The molecule has 3 rings (SSSR count). The van der Waals surface area contributed by atoms with E-state index in [9.17, 15) is 14.4 Å². The molecular formula is C19H17Cl2N3O4. The van der Waals surface area contributed by atoms with Gasteiger partial charge in [-0.15, -0.1) is 0 Å². The van der Waals surface area contributed by atoms with Gasteiger partial charge in [0, 0.05) is 21.3 Å². The van der Waals surface area contributed by atoms with Crippen LogP contribution in [0.25, 0.3) is 0 Å². The van der Waals surface area contributed by atoms with Crippen LogP contribution in [0.15, 0.2) is 42.5 Å². The molecule has 0 spiro atoms. The maximum Gasteiger partial charge on any atom is 0.325 e. The molecule has 1 saturated heterocycles. The lowest BCUT2D eigenvalue weighted by molar-refractivity contribution is -0.133. The summed E-state index contributed by atoms with van der Waals surface area (Å²) in [4.78, 5) is 38.4. The van der Waals surface area contributed by atoms with E-state index >= 15 is 0 Å². The van der Waals surface area contributed by atoms with Crippen LogP contribution in [0.1, 0.15) is 12.5 Å². The average molecular weight is 422 g/mol. The molecule has 9 heteroatoms. The van der Waals surface area contributed by atoms with Gasteiger partial charge in [0.25, 0.3) is 5.91 Å². The Bertz CT molecular complexity index is 949. The maximum absolute atomic E-state index is 12.9. The van der Waals surface area contributed by atoms with Gasteiger partial charge in [-0.2, -0.15) is 0 Å². The van der Waals surface area contributed by atoms with E-state index in [1.165, 1.54) is 20.1 Å². The number of amides is 4. The third kappa shape index (κ3) is 3.76. The summed E-state index contributed by atoms with van der Waals surface area (Å²) in [5, 5.41) is 5.89. The molecule has 0 saturated carbocycles. The fourth-order valence-corrected chi connectivity index (χ4v) is 3.53. The standard InChI is InChI=1S/C19H17Cl2N3O4/c1-19(14-8-3-11(20)9-15(14)21)17(26)24(18(27)23-19)10-16(25)22-12-4-6-13(28-2)7-5-12/h3-9H,10H2,1-2H3,(H,22,25)(H,23,27). The first kappa shape index (κ1) is 20.0. The smallest absolute Gasteiger partial charge is 0.325 e. The summed E-state index contributed by atoms with van der Waals surface area (Å²) in [5.74, 6) is -0.450. The van der Waals surface area contributed by atoms with Gasteiger partial charge in [0.2, 0.25) is 5.91 Å². The molecule has 4 amide bonds. The van der Waals surface area contributed by atoms with Gasteiger partial charge >= 0.3 is 6.03 Å². The second-order valence-electron chi connectivity index (χ2n) is 6.35. The highest BCUT2D eigenvalue weighted by Crippen LogP contribution is 2.34. The third-order valence-corrected chi connectivity index (χ3v) is 4.97. The lowest BCUT2D eigenvalue weighted by atomic mass is 9.92. The molecule has 7 nitrogen and oxygen atoms in total. The van der Waals surface area contributed by atoms with Crippen LogP contribution in [0.5, 0.6) is 5.75 Å². The molecule has 1 fully saturated rings. The van der Waals surface area contributed by atoms with E-state index in [2.05, 4.69) is 10.6 Å². The summed E-state index contributed by atoms with van der Waals surface area (Å²) in [7, 11) is 1.54. The Morgan fingerprint density at radius 2 is 1.86 bits per heavy atom. The van der Waals surface area contributed by atoms with E-state index in [1.54, 1.807) is 36.4 Å². The molecule has 28 heavy (non-hydrogen) atoms. The SMILES string of the molecule is COc1ccc(NC(=O)CN2C(=O)NC(C)(c3ccc(Cl)cc3Cl)C2=O)cc1. The Balaban J connectivity index is 1.75. The molecule has 2 N–H and O–H groups in total. The van der Waals surface area contributed by atoms with Crippen LogP contribution in [-0.2, 0) is 15.1 Å². The Morgan fingerprint density at radius 1 is 1.18 bits per heavy atom. The number of hydrogen-bond acceptors (Lipinski definition) is 4. The lowest BCUT2D eigenvalue weighted by Gasteiger charge is -2.23. The molecule has 0 aliphatic carbocycles. The first-order valence-electron chi connectivity index (χ1n) is 8.28. The topological polar surface area (TPSA) is 87.7 Å². The van der Waals surface area contributed by atoms with E-state index in [4.69, 9.17) is 27.9 Å². The largest absolute Gasteiger partial charge is 0.497 e. The van der Waals surface area contributed by atoms with Crippen molar-refractivity contribution in [2.45, 2.75) is 12.5 Å². The van der Waals surface area contributed by atoms with Crippen LogP contribution in [0, 0.1) is 0 Å². The normalized spacial score (nSPS) is 18.8. The number of anilines is 1. The van der Waals surface area contributed by atoms with Crippen molar-refractivity contribution in [1.82, 2.24) is 10.2 Å². The minimum atomic E-state index is -1.39. The number of carbonyl (C=O) groups is 3. The van der Waals surface area contributed by atoms with E-state index in [0.29, 0.717) is 22.0 Å². The van der Waals surface area contributed by atoms with Gasteiger partial charge in [-0.3, -0.25) is 14.5 Å². The fraction of sp³-hybridized carbons (Fsp3) is 0.211. The number of nitrogens with one attached hydrogen (secondary N) is 2. The molecule has 0 radical (unpaired) electrons. The van der Waals surface area contributed by atoms with Gasteiger partial charge in [-0.1, -0.05) is 29.3 Å². The summed E-state index contributed by atoms with van der Waals surface area (Å²) < 4.78 is 5.05. The second kappa shape index (κ2) is 7.69. The molecule has 146 valence electrons. The summed E-state index contributed by atoms with van der Waals surface area (Å²) >= 11 is 12.1. The lowest BCUT2D eigenvalue weighted by Crippen LogP contribution is -2.42. The Morgan fingerprint density at radius 3 is 2.46 bits per heavy atom. The monoisotopic (exact) mass is 421 g/mol. The molecule has 2 aromatic carbocycles. The molecular weight excluding hydrogens is 405 g/mol. The van der Waals surface area contributed by atoms with Crippen molar-refractivity contribution >= 4 is 46.7 Å². The number of hydrogen-bond donors (Lipinski definition) is 2. The number of methoxy groups -OCH3 is 1. The average Bonchev–Trinajstić information content (AvgIpc) is 2.86. The first-order chi connectivity index (χ1) is 13.2. The fourth-order valence-electron chi connectivity index (χ4n) is 2.94. The van der Waals surface area contributed by atoms with Gasteiger partial charge in [0.15, 0.2) is 0 Å². The van der Waals surface area contributed by atoms with Crippen molar-refractivity contribution in [3.8, 4) is 5.75 Å². The van der Waals surface area contributed by atoms with Crippen molar-refractivity contribution < 1.29 is 19.1 Å². The molecule has 1 aliphatic heterocycles. The summed E-state index contributed by atoms with van der Waals surface area (Å²) in [6.45, 7) is 1.10. The molecule has 1 aliphatic rings. The van der Waals surface area contributed by atoms with Gasteiger partial charge < -0.3 is 15.4 Å². The molecule has 0 aromatic heterocycles. The Kier molecular flexibility index (Phi) is 5.49. The Labute approximate surface area is 171 Å². The van der Waals surface area contributed by atoms with Crippen molar-refractivity contribution in [2.75, 3.05) is 19.0 Å². The predicted octanol–water partition coefficient (Wildman–Crippen LogP) is 3.41. The summed E-state index contributed by atoms with van der Waals surface area (Å²) in [6, 6.07) is 10.6. The van der Waals surface area contributed by atoms with E-state index in [-0.39, 0.29) is 5.02 Å². The van der Waals surface area contributed by atoms with Gasteiger partial charge in [-0.05, 0) is 43.3 Å². The number of benzene rings is 2. The quantitative estimate of drug-likeness (QED) is 0.723. The van der Waals surface area contributed by atoms with Crippen LogP contribution in [0.3, 0.4) is 0 Å². The van der Waals surface area contributed by atoms with Crippen LogP contribution >= 0.6 is 23.2 Å². The second-order valence-corrected chi connectivity index (χ2v) is 7.19. The van der Waals surface area contributed by atoms with Crippen LogP contribution in [0.4, 0.5) is 10.5 Å². The summed E-state index contributed by atoms with van der Waals surface area (Å²) in [6.07, 6.45) is 0. The number of ether oxygens (including phenoxy) is 1. The van der Waals surface area contributed by atoms with Crippen molar-refractivity contribution in [2.24, 2.45) is 0 Å².